The number of imidazole rings is 1. The molecule has 108 valence electrons. The number of nitrogens with zero attached hydrogens (tertiary/aromatic N) is 5. The number of hydrogen-bond donors (Lipinski definition) is 0. The van der Waals surface area contributed by atoms with Gasteiger partial charge in [0.15, 0.2) is 11.4 Å². The van der Waals surface area contributed by atoms with Crippen LogP contribution in [0.3, 0.4) is 0 Å². The number of rotatable bonds is 1. The Bertz CT molecular complexity index is 644. The summed E-state index contributed by atoms with van der Waals surface area (Å²) in [6.45, 7) is 6.63. The van der Waals surface area contributed by atoms with Crippen molar-refractivity contribution in [3.05, 3.63) is 17.7 Å². The molecule has 0 saturated heterocycles. The molecule has 1 aliphatic carbocycles. The highest BCUT2D eigenvalue weighted by atomic mass is 15.1. The van der Waals surface area contributed by atoms with Gasteiger partial charge in [-0.1, -0.05) is 20.8 Å². The normalized spacial score (nSPS) is 25.6. The molecule has 1 saturated carbocycles. The van der Waals surface area contributed by atoms with E-state index < -0.39 is 0 Å². The van der Waals surface area contributed by atoms with Crippen molar-refractivity contribution in [1.82, 2.24) is 9.55 Å². The maximum Gasteiger partial charge on any atom is 0.176 e. The van der Waals surface area contributed by atoms with Crippen LogP contribution in [0.15, 0.2) is 6.33 Å². The standard InChI is InChI=1S/C16H19N5/c1-16(2,3)12-5-4-11(7-17)14(6-12)21-10-20-13(8-18)15(21)9-19/h10-12,14H,4-6H2,1-3H3. The molecule has 1 aromatic rings. The first kappa shape index (κ1) is 15.1. The van der Waals surface area contributed by atoms with Crippen LogP contribution in [0.4, 0.5) is 0 Å². The van der Waals surface area contributed by atoms with Crippen molar-refractivity contribution in [2.75, 3.05) is 0 Å². The maximum atomic E-state index is 9.41. The van der Waals surface area contributed by atoms with E-state index in [4.69, 9.17) is 5.26 Å². The van der Waals surface area contributed by atoms with Gasteiger partial charge in [-0.15, -0.1) is 0 Å². The Hall–Kier alpha value is -2.32. The van der Waals surface area contributed by atoms with Crippen molar-refractivity contribution in [3.8, 4) is 18.2 Å². The van der Waals surface area contributed by atoms with Crippen LogP contribution < -0.4 is 0 Å². The second-order valence-corrected chi connectivity index (χ2v) is 6.75. The van der Waals surface area contributed by atoms with E-state index in [0.29, 0.717) is 5.92 Å². The molecule has 1 aliphatic rings. The van der Waals surface area contributed by atoms with E-state index in [-0.39, 0.29) is 28.8 Å². The second-order valence-electron chi connectivity index (χ2n) is 6.75. The Morgan fingerprint density at radius 1 is 1.19 bits per heavy atom. The molecule has 1 heterocycles. The molecule has 1 aromatic heterocycles. The fourth-order valence-electron chi connectivity index (χ4n) is 3.20. The first-order valence-electron chi connectivity index (χ1n) is 7.19. The lowest BCUT2D eigenvalue weighted by Gasteiger charge is -2.40. The van der Waals surface area contributed by atoms with Crippen LogP contribution in [0.25, 0.3) is 0 Å². The lowest BCUT2D eigenvalue weighted by Crippen LogP contribution is -2.33. The summed E-state index contributed by atoms with van der Waals surface area (Å²) in [5, 5.41) is 27.7. The van der Waals surface area contributed by atoms with Gasteiger partial charge in [-0.25, -0.2) is 4.98 Å². The summed E-state index contributed by atoms with van der Waals surface area (Å²) in [5.41, 5.74) is 0.591. The van der Waals surface area contributed by atoms with Gasteiger partial charge in [-0.05, 0) is 30.6 Å². The Balaban J connectivity index is 2.40. The van der Waals surface area contributed by atoms with Crippen LogP contribution in [0.2, 0.25) is 0 Å². The first-order chi connectivity index (χ1) is 9.92. The van der Waals surface area contributed by atoms with E-state index in [2.05, 4.69) is 37.9 Å². The molecule has 0 aromatic carbocycles. The fourth-order valence-corrected chi connectivity index (χ4v) is 3.20. The Morgan fingerprint density at radius 3 is 2.43 bits per heavy atom. The van der Waals surface area contributed by atoms with Crippen LogP contribution in [0.1, 0.15) is 57.5 Å². The van der Waals surface area contributed by atoms with Crippen LogP contribution in [0, 0.1) is 51.2 Å². The minimum absolute atomic E-state index is 0.0720. The molecule has 0 bridgehead atoms. The van der Waals surface area contributed by atoms with Crippen molar-refractivity contribution in [1.29, 1.82) is 15.8 Å². The van der Waals surface area contributed by atoms with Gasteiger partial charge in [0.1, 0.15) is 12.1 Å². The SMILES string of the molecule is CC(C)(C)C1CCC(C#N)C(n2cnc(C#N)c2C#N)C1. The molecule has 0 N–H and O–H groups in total. The topological polar surface area (TPSA) is 89.2 Å². The van der Waals surface area contributed by atoms with E-state index >= 15 is 0 Å². The van der Waals surface area contributed by atoms with Crippen LogP contribution in [-0.2, 0) is 0 Å². The summed E-state index contributed by atoms with van der Waals surface area (Å²) in [4.78, 5) is 4.01. The molecule has 0 spiro atoms. The van der Waals surface area contributed by atoms with Gasteiger partial charge in [0.2, 0.25) is 0 Å². The van der Waals surface area contributed by atoms with Crippen molar-refractivity contribution < 1.29 is 0 Å². The molecule has 5 nitrogen and oxygen atoms in total. The van der Waals surface area contributed by atoms with Crippen LogP contribution in [0.5, 0.6) is 0 Å². The Kier molecular flexibility index (Phi) is 4.01. The third-order valence-corrected chi connectivity index (χ3v) is 4.57. The van der Waals surface area contributed by atoms with Gasteiger partial charge in [0, 0.05) is 0 Å². The van der Waals surface area contributed by atoms with Crippen LogP contribution in [-0.4, -0.2) is 9.55 Å². The average molecular weight is 281 g/mol. The summed E-state index contributed by atoms with van der Waals surface area (Å²) in [5.74, 6) is 0.364. The van der Waals surface area contributed by atoms with E-state index in [1.54, 1.807) is 4.57 Å². The summed E-state index contributed by atoms with van der Waals surface area (Å²) >= 11 is 0. The third-order valence-electron chi connectivity index (χ3n) is 4.57. The van der Waals surface area contributed by atoms with Crippen molar-refractivity contribution in [3.63, 3.8) is 0 Å². The van der Waals surface area contributed by atoms with Crippen molar-refractivity contribution >= 4 is 0 Å². The number of nitriles is 3. The Labute approximate surface area is 125 Å². The molecule has 3 unspecified atom stereocenters. The number of aromatic nitrogens is 2. The molecular weight excluding hydrogens is 262 g/mol. The summed E-state index contributed by atoms with van der Waals surface area (Å²) in [6, 6.07) is 6.29. The van der Waals surface area contributed by atoms with Crippen molar-refractivity contribution in [2.24, 2.45) is 17.3 Å². The minimum atomic E-state index is -0.128. The molecule has 3 atom stereocenters. The molecule has 21 heavy (non-hydrogen) atoms. The highest BCUT2D eigenvalue weighted by molar-refractivity contribution is 5.36. The van der Waals surface area contributed by atoms with E-state index in [1.807, 2.05) is 6.07 Å². The minimum Gasteiger partial charge on any atom is -0.317 e. The van der Waals surface area contributed by atoms with Gasteiger partial charge >= 0.3 is 0 Å². The third kappa shape index (κ3) is 2.76. The lowest BCUT2D eigenvalue weighted by atomic mass is 9.68. The zero-order chi connectivity index (χ0) is 15.6. The number of hydrogen-bond acceptors (Lipinski definition) is 4. The van der Waals surface area contributed by atoms with Gasteiger partial charge < -0.3 is 4.57 Å². The van der Waals surface area contributed by atoms with Crippen molar-refractivity contribution in [2.45, 2.75) is 46.1 Å². The highest BCUT2D eigenvalue weighted by Gasteiger charge is 2.37. The predicted octanol–water partition coefficient (Wildman–Crippen LogP) is 3.15. The predicted molar refractivity (Wildman–Crippen MR) is 76.6 cm³/mol. The Morgan fingerprint density at radius 2 is 1.90 bits per heavy atom. The van der Waals surface area contributed by atoms with Gasteiger partial charge in [0.05, 0.1) is 24.4 Å². The largest absolute Gasteiger partial charge is 0.317 e. The first-order valence-corrected chi connectivity index (χ1v) is 7.19. The molecular formula is C16H19N5. The van der Waals surface area contributed by atoms with E-state index in [1.165, 1.54) is 6.33 Å². The molecule has 5 heteroatoms. The van der Waals surface area contributed by atoms with Gasteiger partial charge in [-0.3, -0.25) is 0 Å². The monoisotopic (exact) mass is 281 g/mol. The smallest absolute Gasteiger partial charge is 0.176 e. The summed E-state index contributed by atoms with van der Waals surface area (Å²) in [7, 11) is 0. The zero-order valence-electron chi connectivity index (χ0n) is 12.7. The second kappa shape index (κ2) is 5.58. The molecule has 0 radical (unpaired) electrons. The molecule has 2 rings (SSSR count). The maximum absolute atomic E-state index is 9.41. The highest BCUT2D eigenvalue weighted by Crippen LogP contribution is 2.45. The van der Waals surface area contributed by atoms with Gasteiger partial charge in [-0.2, -0.15) is 15.8 Å². The van der Waals surface area contributed by atoms with Gasteiger partial charge in [0.25, 0.3) is 0 Å². The van der Waals surface area contributed by atoms with E-state index in [9.17, 15) is 10.5 Å². The molecule has 0 amide bonds. The fraction of sp³-hybridized carbons (Fsp3) is 0.625. The summed E-state index contributed by atoms with van der Waals surface area (Å²) < 4.78 is 1.74. The lowest BCUT2D eigenvalue weighted by molar-refractivity contribution is 0.121. The molecule has 1 fully saturated rings. The molecule has 0 aliphatic heterocycles. The van der Waals surface area contributed by atoms with E-state index in [0.717, 1.165) is 19.3 Å². The van der Waals surface area contributed by atoms with Crippen LogP contribution >= 0.6 is 0 Å². The summed E-state index contributed by atoms with van der Waals surface area (Å²) in [6.07, 6.45) is 4.24. The quantitative estimate of drug-likeness (QED) is 0.790. The zero-order valence-corrected chi connectivity index (χ0v) is 12.7. The average Bonchev–Trinajstić information content (AvgIpc) is 2.88.